The molecular formula is C16H25N3O. The van der Waals surface area contributed by atoms with Gasteiger partial charge in [0.15, 0.2) is 0 Å². The highest BCUT2D eigenvalue weighted by molar-refractivity contribution is 5.89. The van der Waals surface area contributed by atoms with Crippen molar-refractivity contribution in [2.24, 2.45) is 17.8 Å². The molecule has 1 aliphatic rings. The van der Waals surface area contributed by atoms with Crippen LogP contribution in [0.15, 0.2) is 24.5 Å². The third kappa shape index (κ3) is 3.95. The van der Waals surface area contributed by atoms with Gasteiger partial charge < -0.3 is 10.6 Å². The molecule has 4 heteroatoms. The minimum atomic E-state index is -0.110. The summed E-state index contributed by atoms with van der Waals surface area (Å²) in [4.78, 5) is 16.1. The Morgan fingerprint density at radius 1 is 1.30 bits per heavy atom. The Balaban J connectivity index is 1.94. The van der Waals surface area contributed by atoms with Crippen LogP contribution in [0.3, 0.4) is 0 Å². The number of rotatable bonds is 3. The van der Waals surface area contributed by atoms with Gasteiger partial charge in [-0.15, -0.1) is 0 Å². The third-order valence-electron chi connectivity index (χ3n) is 4.28. The summed E-state index contributed by atoms with van der Waals surface area (Å²) in [5, 5.41) is 6.03. The molecule has 1 aliphatic carbocycles. The van der Waals surface area contributed by atoms with Crippen LogP contribution in [0.4, 0.5) is 10.5 Å². The van der Waals surface area contributed by atoms with E-state index in [4.69, 9.17) is 0 Å². The number of carbonyl (C=O) groups is 1. The van der Waals surface area contributed by atoms with E-state index in [1.807, 2.05) is 0 Å². The zero-order valence-electron chi connectivity index (χ0n) is 12.6. The topological polar surface area (TPSA) is 54.0 Å². The van der Waals surface area contributed by atoms with Crippen molar-refractivity contribution in [2.75, 3.05) is 5.32 Å². The zero-order chi connectivity index (χ0) is 14.5. The maximum atomic E-state index is 12.1. The van der Waals surface area contributed by atoms with Gasteiger partial charge in [0.25, 0.3) is 0 Å². The van der Waals surface area contributed by atoms with Gasteiger partial charge >= 0.3 is 6.03 Å². The number of carbonyl (C=O) groups excluding carboxylic acids is 1. The average molecular weight is 275 g/mol. The molecule has 0 unspecified atom stereocenters. The summed E-state index contributed by atoms with van der Waals surface area (Å²) in [6, 6.07) is 3.76. The lowest BCUT2D eigenvalue weighted by Gasteiger charge is -2.37. The van der Waals surface area contributed by atoms with E-state index in [2.05, 4.69) is 36.4 Å². The highest BCUT2D eigenvalue weighted by Gasteiger charge is 2.31. The SMILES string of the molecule is CC(C)[C@H]1CC[C@@H](C)C[C@@H]1NC(=O)Nc1ccncc1. The number of nitrogens with zero attached hydrogens (tertiary/aromatic N) is 1. The molecule has 1 saturated carbocycles. The summed E-state index contributed by atoms with van der Waals surface area (Å²) >= 11 is 0. The summed E-state index contributed by atoms with van der Waals surface area (Å²) in [6.45, 7) is 6.76. The predicted molar refractivity (Wildman–Crippen MR) is 81.5 cm³/mol. The summed E-state index contributed by atoms with van der Waals surface area (Å²) < 4.78 is 0. The molecule has 0 saturated heterocycles. The van der Waals surface area contributed by atoms with Gasteiger partial charge in [0.1, 0.15) is 0 Å². The second-order valence-electron chi connectivity index (χ2n) is 6.27. The molecule has 3 atom stereocenters. The molecule has 1 aromatic heterocycles. The van der Waals surface area contributed by atoms with E-state index < -0.39 is 0 Å². The molecule has 2 amide bonds. The van der Waals surface area contributed by atoms with Crippen molar-refractivity contribution in [2.45, 2.75) is 46.1 Å². The van der Waals surface area contributed by atoms with Crippen molar-refractivity contribution < 1.29 is 4.79 Å². The molecule has 110 valence electrons. The van der Waals surface area contributed by atoms with Crippen molar-refractivity contribution in [3.63, 3.8) is 0 Å². The molecule has 4 nitrogen and oxygen atoms in total. The van der Waals surface area contributed by atoms with E-state index in [0.717, 1.165) is 12.1 Å². The quantitative estimate of drug-likeness (QED) is 0.884. The summed E-state index contributed by atoms with van der Waals surface area (Å²) in [5.41, 5.74) is 0.780. The van der Waals surface area contributed by atoms with Gasteiger partial charge in [0.05, 0.1) is 0 Å². The van der Waals surface area contributed by atoms with Crippen LogP contribution in [0.1, 0.15) is 40.0 Å². The number of pyridine rings is 1. The maximum Gasteiger partial charge on any atom is 0.319 e. The van der Waals surface area contributed by atoms with Crippen molar-refractivity contribution in [1.29, 1.82) is 0 Å². The van der Waals surface area contributed by atoms with Crippen LogP contribution in [0.2, 0.25) is 0 Å². The maximum absolute atomic E-state index is 12.1. The molecule has 20 heavy (non-hydrogen) atoms. The minimum absolute atomic E-state index is 0.110. The van der Waals surface area contributed by atoms with Crippen LogP contribution in [0.5, 0.6) is 0 Å². The lowest BCUT2D eigenvalue weighted by atomic mass is 9.74. The Hall–Kier alpha value is -1.58. The standard InChI is InChI=1S/C16H25N3O/c1-11(2)14-5-4-12(3)10-15(14)19-16(20)18-13-6-8-17-9-7-13/h6-9,11-12,14-15H,4-5,10H2,1-3H3,(H2,17,18,19,20)/t12-,14-,15+/m1/s1. The molecular weight excluding hydrogens is 250 g/mol. The Labute approximate surface area is 121 Å². The van der Waals surface area contributed by atoms with Crippen LogP contribution < -0.4 is 10.6 Å². The molecule has 0 spiro atoms. The molecule has 0 radical (unpaired) electrons. The van der Waals surface area contributed by atoms with Crippen molar-refractivity contribution >= 4 is 11.7 Å². The van der Waals surface area contributed by atoms with Crippen LogP contribution in [0, 0.1) is 17.8 Å². The number of urea groups is 1. The van der Waals surface area contributed by atoms with Crippen LogP contribution in [-0.4, -0.2) is 17.1 Å². The van der Waals surface area contributed by atoms with Gasteiger partial charge in [-0.05, 0) is 42.7 Å². The number of aromatic nitrogens is 1. The monoisotopic (exact) mass is 275 g/mol. The molecule has 1 aromatic rings. The Morgan fingerprint density at radius 2 is 2.00 bits per heavy atom. The first kappa shape index (κ1) is 14.8. The summed E-state index contributed by atoms with van der Waals surface area (Å²) in [5.74, 6) is 1.87. The molecule has 0 bridgehead atoms. The third-order valence-corrected chi connectivity index (χ3v) is 4.28. The van der Waals surface area contributed by atoms with Crippen LogP contribution in [-0.2, 0) is 0 Å². The predicted octanol–water partition coefficient (Wildman–Crippen LogP) is 3.66. The fourth-order valence-electron chi connectivity index (χ4n) is 3.14. The summed E-state index contributed by atoms with van der Waals surface area (Å²) in [7, 11) is 0. The van der Waals surface area contributed by atoms with Gasteiger partial charge in [-0.1, -0.05) is 27.2 Å². The van der Waals surface area contributed by atoms with E-state index >= 15 is 0 Å². The zero-order valence-corrected chi connectivity index (χ0v) is 12.6. The Kier molecular flexibility index (Phi) is 4.99. The average Bonchev–Trinajstić information content (AvgIpc) is 2.39. The summed E-state index contributed by atoms with van der Waals surface area (Å²) in [6.07, 6.45) is 6.91. The molecule has 0 aliphatic heterocycles. The van der Waals surface area contributed by atoms with Gasteiger partial charge in [-0.2, -0.15) is 0 Å². The van der Waals surface area contributed by atoms with Gasteiger partial charge in [0, 0.05) is 24.1 Å². The van der Waals surface area contributed by atoms with Crippen molar-refractivity contribution in [1.82, 2.24) is 10.3 Å². The van der Waals surface area contributed by atoms with Gasteiger partial charge in [-0.25, -0.2) is 4.79 Å². The molecule has 1 fully saturated rings. The first-order chi connectivity index (χ1) is 9.56. The highest BCUT2D eigenvalue weighted by atomic mass is 16.2. The van der Waals surface area contributed by atoms with E-state index in [-0.39, 0.29) is 12.1 Å². The lowest BCUT2D eigenvalue weighted by molar-refractivity contribution is 0.172. The lowest BCUT2D eigenvalue weighted by Crippen LogP contribution is -2.47. The van der Waals surface area contributed by atoms with E-state index in [1.165, 1.54) is 12.8 Å². The second kappa shape index (κ2) is 6.73. The molecule has 2 rings (SSSR count). The first-order valence-electron chi connectivity index (χ1n) is 7.53. The number of nitrogens with one attached hydrogen (secondary N) is 2. The van der Waals surface area contributed by atoms with E-state index in [0.29, 0.717) is 17.8 Å². The number of hydrogen-bond acceptors (Lipinski definition) is 2. The largest absolute Gasteiger partial charge is 0.335 e. The number of hydrogen-bond donors (Lipinski definition) is 2. The molecule has 1 heterocycles. The molecule has 0 aromatic carbocycles. The van der Waals surface area contributed by atoms with Crippen LogP contribution >= 0.6 is 0 Å². The Morgan fingerprint density at radius 3 is 2.65 bits per heavy atom. The second-order valence-corrected chi connectivity index (χ2v) is 6.27. The van der Waals surface area contributed by atoms with Gasteiger partial charge in [-0.3, -0.25) is 4.98 Å². The first-order valence-corrected chi connectivity index (χ1v) is 7.53. The molecule has 2 N–H and O–H groups in total. The van der Waals surface area contributed by atoms with Crippen LogP contribution in [0.25, 0.3) is 0 Å². The van der Waals surface area contributed by atoms with E-state index in [9.17, 15) is 4.79 Å². The van der Waals surface area contributed by atoms with E-state index in [1.54, 1.807) is 24.5 Å². The number of amides is 2. The smallest absolute Gasteiger partial charge is 0.319 e. The Bertz CT molecular complexity index is 433. The fourth-order valence-corrected chi connectivity index (χ4v) is 3.14. The fraction of sp³-hybridized carbons (Fsp3) is 0.625. The minimum Gasteiger partial charge on any atom is -0.335 e. The normalized spacial score (nSPS) is 26.3. The van der Waals surface area contributed by atoms with Crippen molar-refractivity contribution in [3.8, 4) is 0 Å². The highest BCUT2D eigenvalue weighted by Crippen LogP contribution is 2.33. The number of anilines is 1. The van der Waals surface area contributed by atoms with Crippen molar-refractivity contribution in [3.05, 3.63) is 24.5 Å². The van der Waals surface area contributed by atoms with Gasteiger partial charge in [0.2, 0.25) is 0 Å².